The summed E-state index contributed by atoms with van der Waals surface area (Å²) in [6, 6.07) is 1.51. The minimum Gasteiger partial charge on any atom is -0.481 e. The van der Waals surface area contributed by atoms with Crippen molar-refractivity contribution in [3.05, 3.63) is 29.0 Å². The number of rotatable bonds is 4. The Balaban J connectivity index is 1.99. The predicted octanol–water partition coefficient (Wildman–Crippen LogP) is 1.33. The minimum atomic E-state index is -0.866. The number of nitrogens with zero attached hydrogens (tertiary/aromatic N) is 1. The van der Waals surface area contributed by atoms with E-state index < -0.39 is 17.3 Å². The van der Waals surface area contributed by atoms with Crippen LogP contribution >= 0.6 is 11.6 Å². The Hall–Kier alpha value is -1.62. The van der Waals surface area contributed by atoms with Crippen molar-refractivity contribution < 1.29 is 14.7 Å². The van der Waals surface area contributed by atoms with Crippen LogP contribution in [-0.2, 0) is 4.79 Å². The smallest absolute Gasteiger partial charge is 0.311 e. The van der Waals surface area contributed by atoms with Crippen LogP contribution in [-0.4, -0.2) is 28.5 Å². The number of hydrogen-bond acceptors (Lipinski definition) is 3. The van der Waals surface area contributed by atoms with Crippen molar-refractivity contribution in [3.63, 3.8) is 0 Å². The van der Waals surface area contributed by atoms with E-state index >= 15 is 0 Å². The van der Waals surface area contributed by atoms with E-state index in [0.29, 0.717) is 17.9 Å². The molecule has 5 nitrogen and oxygen atoms in total. The van der Waals surface area contributed by atoms with E-state index in [1.54, 1.807) is 0 Å². The predicted molar refractivity (Wildman–Crippen MR) is 60.9 cm³/mol. The van der Waals surface area contributed by atoms with Crippen LogP contribution in [0.3, 0.4) is 0 Å². The summed E-state index contributed by atoms with van der Waals surface area (Å²) in [5.74, 6) is -1.26. The highest BCUT2D eigenvalue weighted by molar-refractivity contribution is 6.33. The number of pyridine rings is 1. The van der Waals surface area contributed by atoms with E-state index in [1.807, 2.05) is 0 Å². The molecule has 1 aromatic rings. The van der Waals surface area contributed by atoms with E-state index in [9.17, 15) is 9.59 Å². The second-order valence-electron chi connectivity index (χ2n) is 4.12. The van der Waals surface area contributed by atoms with Crippen LogP contribution < -0.4 is 5.32 Å². The molecule has 0 bridgehead atoms. The Labute approximate surface area is 103 Å². The lowest BCUT2D eigenvalue weighted by molar-refractivity contribution is -0.143. The van der Waals surface area contributed by atoms with Gasteiger partial charge >= 0.3 is 5.97 Å². The van der Waals surface area contributed by atoms with Gasteiger partial charge < -0.3 is 10.4 Å². The first-order chi connectivity index (χ1) is 8.05. The summed E-state index contributed by atoms with van der Waals surface area (Å²) in [4.78, 5) is 26.4. The van der Waals surface area contributed by atoms with Crippen molar-refractivity contribution in [1.82, 2.24) is 10.3 Å². The summed E-state index contributed by atoms with van der Waals surface area (Å²) in [6.07, 6.45) is 4.05. The standard InChI is InChI=1S/C11H11ClN2O3/c12-8-1-4-13-5-7(8)9(15)14-6-11(2-3-11)10(16)17/h1,4-5H,2-3,6H2,(H,14,15)(H,16,17). The Morgan fingerprint density at radius 2 is 2.24 bits per heavy atom. The number of carboxylic acid groups (broad SMARTS) is 1. The van der Waals surface area contributed by atoms with E-state index in [0.717, 1.165) is 0 Å². The molecule has 1 heterocycles. The largest absolute Gasteiger partial charge is 0.481 e. The summed E-state index contributed by atoms with van der Waals surface area (Å²) in [6.45, 7) is 0.131. The third-order valence-electron chi connectivity index (χ3n) is 2.91. The molecule has 1 fully saturated rings. The molecule has 1 aromatic heterocycles. The Morgan fingerprint density at radius 3 is 2.76 bits per heavy atom. The lowest BCUT2D eigenvalue weighted by atomic mass is 10.1. The number of halogens is 1. The number of carbonyl (C=O) groups excluding carboxylic acids is 1. The number of carboxylic acids is 1. The minimum absolute atomic E-state index is 0.131. The maximum Gasteiger partial charge on any atom is 0.311 e. The number of carbonyl (C=O) groups is 2. The van der Waals surface area contributed by atoms with Gasteiger partial charge in [-0.15, -0.1) is 0 Å². The molecule has 17 heavy (non-hydrogen) atoms. The van der Waals surface area contributed by atoms with Crippen molar-refractivity contribution in [2.24, 2.45) is 5.41 Å². The second kappa shape index (κ2) is 4.33. The molecule has 0 spiro atoms. The van der Waals surface area contributed by atoms with Gasteiger partial charge in [0.05, 0.1) is 16.0 Å². The van der Waals surface area contributed by atoms with Gasteiger partial charge in [-0.05, 0) is 18.9 Å². The summed E-state index contributed by atoms with van der Waals surface area (Å²) >= 11 is 5.83. The summed E-state index contributed by atoms with van der Waals surface area (Å²) < 4.78 is 0. The number of nitrogens with one attached hydrogen (secondary N) is 1. The zero-order valence-corrected chi connectivity index (χ0v) is 9.70. The van der Waals surface area contributed by atoms with Crippen molar-refractivity contribution in [1.29, 1.82) is 0 Å². The molecule has 0 atom stereocenters. The summed E-state index contributed by atoms with van der Waals surface area (Å²) in [7, 11) is 0. The highest BCUT2D eigenvalue weighted by Gasteiger charge is 2.50. The highest BCUT2D eigenvalue weighted by Crippen LogP contribution is 2.45. The molecule has 0 aliphatic heterocycles. The van der Waals surface area contributed by atoms with Gasteiger partial charge in [0.15, 0.2) is 0 Å². The number of aliphatic carboxylic acids is 1. The van der Waals surface area contributed by atoms with Crippen LogP contribution in [0.15, 0.2) is 18.5 Å². The monoisotopic (exact) mass is 254 g/mol. The summed E-state index contributed by atoms with van der Waals surface area (Å²) in [5.41, 5.74) is -0.514. The van der Waals surface area contributed by atoms with Gasteiger partial charge in [0, 0.05) is 18.9 Å². The molecule has 90 valence electrons. The zero-order valence-electron chi connectivity index (χ0n) is 8.94. The van der Waals surface area contributed by atoms with Gasteiger partial charge in [-0.25, -0.2) is 0 Å². The highest BCUT2D eigenvalue weighted by atomic mass is 35.5. The first-order valence-corrected chi connectivity index (χ1v) is 5.54. The molecule has 0 unspecified atom stereocenters. The van der Waals surface area contributed by atoms with Crippen LogP contribution in [0.5, 0.6) is 0 Å². The summed E-state index contributed by atoms with van der Waals surface area (Å²) in [5, 5.41) is 11.8. The molecule has 1 aliphatic carbocycles. The molecule has 1 aliphatic rings. The van der Waals surface area contributed by atoms with Crippen LogP contribution in [0.2, 0.25) is 5.02 Å². The lowest BCUT2D eigenvalue weighted by Crippen LogP contribution is -2.34. The number of amides is 1. The van der Waals surface area contributed by atoms with Crippen molar-refractivity contribution in [2.75, 3.05) is 6.54 Å². The maximum absolute atomic E-state index is 11.7. The van der Waals surface area contributed by atoms with Crippen LogP contribution in [0.4, 0.5) is 0 Å². The third-order valence-corrected chi connectivity index (χ3v) is 3.24. The van der Waals surface area contributed by atoms with Crippen LogP contribution in [0.25, 0.3) is 0 Å². The van der Waals surface area contributed by atoms with E-state index in [-0.39, 0.29) is 12.1 Å². The zero-order chi connectivity index (χ0) is 12.5. The second-order valence-corrected chi connectivity index (χ2v) is 4.53. The molecule has 2 rings (SSSR count). The molecule has 6 heteroatoms. The van der Waals surface area contributed by atoms with Gasteiger partial charge in [-0.1, -0.05) is 11.6 Å². The van der Waals surface area contributed by atoms with Gasteiger partial charge in [0.2, 0.25) is 0 Å². The van der Waals surface area contributed by atoms with E-state index in [1.165, 1.54) is 18.5 Å². The van der Waals surface area contributed by atoms with E-state index in [4.69, 9.17) is 16.7 Å². The Kier molecular flexibility index (Phi) is 3.02. The topological polar surface area (TPSA) is 79.3 Å². The fraction of sp³-hybridized carbons (Fsp3) is 0.364. The van der Waals surface area contributed by atoms with Crippen LogP contribution in [0.1, 0.15) is 23.2 Å². The fourth-order valence-corrected chi connectivity index (χ4v) is 1.70. The first-order valence-electron chi connectivity index (χ1n) is 5.16. The average Bonchev–Trinajstić information content (AvgIpc) is 3.07. The Morgan fingerprint density at radius 1 is 1.53 bits per heavy atom. The maximum atomic E-state index is 11.7. The van der Waals surface area contributed by atoms with Crippen molar-refractivity contribution in [2.45, 2.75) is 12.8 Å². The van der Waals surface area contributed by atoms with Gasteiger partial charge in [0.25, 0.3) is 5.91 Å². The SMILES string of the molecule is O=C(NCC1(C(=O)O)CC1)c1cnccc1Cl. The van der Waals surface area contributed by atoms with Crippen molar-refractivity contribution in [3.8, 4) is 0 Å². The van der Waals surface area contributed by atoms with Gasteiger partial charge in [-0.2, -0.15) is 0 Å². The van der Waals surface area contributed by atoms with E-state index in [2.05, 4.69) is 10.3 Å². The fourth-order valence-electron chi connectivity index (χ4n) is 1.51. The lowest BCUT2D eigenvalue weighted by Gasteiger charge is -2.11. The normalized spacial score (nSPS) is 16.3. The Bertz CT molecular complexity index is 472. The molecule has 2 N–H and O–H groups in total. The number of aromatic nitrogens is 1. The van der Waals surface area contributed by atoms with Crippen LogP contribution in [0, 0.1) is 5.41 Å². The molecule has 1 saturated carbocycles. The third kappa shape index (κ3) is 2.39. The van der Waals surface area contributed by atoms with Gasteiger partial charge in [-0.3, -0.25) is 14.6 Å². The average molecular weight is 255 g/mol. The molecule has 0 saturated heterocycles. The molecular formula is C11H11ClN2O3. The molecule has 1 amide bonds. The quantitative estimate of drug-likeness (QED) is 0.850. The molecular weight excluding hydrogens is 244 g/mol. The molecule has 0 aromatic carbocycles. The number of hydrogen-bond donors (Lipinski definition) is 2. The first kappa shape index (κ1) is 11.9. The van der Waals surface area contributed by atoms with Gasteiger partial charge in [0.1, 0.15) is 0 Å². The molecule has 0 radical (unpaired) electrons. The van der Waals surface area contributed by atoms with Crippen molar-refractivity contribution >= 4 is 23.5 Å².